The largest absolute Gasteiger partial charge is 0.472 e. The van der Waals surface area contributed by atoms with Gasteiger partial charge in [-0.3, -0.25) is 4.57 Å². The number of carbonyl (C=O) groups is 1. The normalized spacial score (nSPS) is 16.4. The Morgan fingerprint density at radius 1 is 0.956 bits per heavy atom. The topological polar surface area (TPSA) is 65.7 Å². The number of amidine groups is 1. The molecule has 0 saturated heterocycles. The van der Waals surface area contributed by atoms with Gasteiger partial charge in [0.1, 0.15) is 18.0 Å². The van der Waals surface area contributed by atoms with Gasteiger partial charge in [-0.2, -0.15) is 14.5 Å². The van der Waals surface area contributed by atoms with E-state index in [1.807, 2.05) is 42.5 Å². The van der Waals surface area contributed by atoms with Gasteiger partial charge in [0.25, 0.3) is 0 Å². The lowest BCUT2D eigenvalue weighted by molar-refractivity contribution is -0.151. The van der Waals surface area contributed by atoms with Gasteiger partial charge in [-0.15, -0.1) is 0 Å². The number of nitrogens with zero attached hydrogens (tertiary/aromatic N) is 4. The van der Waals surface area contributed by atoms with E-state index >= 15 is 0 Å². The molecule has 1 aliphatic rings. The minimum Gasteiger partial charge on any atom is -0.472 e. The Morgan fingerprint density at radius 2 is 1.67 bits per heavy atom. The third-order valence-electron chi connectivity index (χ3n) is 8.13. The number of para-hydroxylation sites is 2. The zero-order valence-electron chi connectivity index (χ0n) is 25.8. The maximum Gasteiger partial charge on any atom is 0.352 e. The van der Waals surface area contributed by atoms with E-state index in [0.717, 1.165) is 67.1 Å². The van der Waals surface area contributed by atoms with Gasteiger partial charge >= 0.3 is 11.9 Å². The Kier molecular flexibility index (Phi) is 8.95. The minimum absolute atomic E-state index is 0.262. The van der Waals surface area contributed by atoms with Crippen molar-refractivity contribution in [2.75, 3.05) is 6.61 Å². The van der Waals surface area contributed by atoms with E-state index in [4.69, 9.17) is 19.5 Å². The summed E-state index contributed by atoms with van der Waals surface area (Å²) in [4.78, 5) is 23.5. The number of hydrogen-bond acceptors (Lipinski definition) is 5. The van der Waals surface area contributed by atoms with Crippen LogP contribution in [0.25, 0.3) is 11.0 Å². The van der Waals surface area contributed by atoms with Crippen molar-refractivity contribution in [3.8, 4) is 5.75 Å². The molecule has 9 heteroatoms. The molecular weight excluding hydrogens is 696 g/mol. The molecule has 0 aliphatic carbocycles. The summed E-state index contributed by atoms with van der Waals surface area (Å²) in [6.45, 7) is 6.93. The Hall–Kier alpha value is -3.79. The molecular formula is C36H35Br2N4O3+. The van der Waals surface area contributed by atoms with Crippen molar-refractivity contribution in [2.24, 2.45) is 12.0 Å². The Labute approximate surface area is 280 Å². The van der Waals surface area contributed by atoms with Crippen LogP contribution < -0.4 is 9.22 Å². The molecule has 4 aromatic carbocycles. The van der Waals surface area contributed by atoms with Crippen LogP contribution in [0.2, 0.25) is 0 Å². The lowest BCUT2D eigenvalue weighted by Crippen LogP contribution is -2.48. The first-order chi connectivity index (χ1) is 21.8. The van der Waals surface area contributed by atoms with Crippen LogP contribution >= 0.6 is 31.9 Å². The highest BCUT2D eigenvalue weighted by Gasteiger charge is 2.49. The summed E-state index contributed by atoms with van der Waals surface area (Å²) < 4.78 is 15.8. The van der Waals surface area contributed by atoms with Crippen molar-refractivity contribution in [1.82, 2.24) is 14.0 Å². The average molecular weight is 732 g/mol. The third kappa shape index (κ3) is 5.73. The number of aryl methyl sites for hydroxylation is 2. The second kappa shape index (κ2) is 12.9. The molecule has 0 spiro atoms. The van der Waals surface area contributed by atoms with Gasteiger partial charge in [0, 0.05) is 30.7 Å². The standard InChI is InChI=1S/C36H35Br2N4O3/c1-5-12-32-39-29-18-17-23(3)19-31(29)42(32,36-40-28-15-10-11-16-30(28)41(36)4)22-24-20-26(37)34(27(38)21-24)45-33(35(43)44-6-2)25-13-8-7-9-14-25/h7-11,13-21,33H,5-6,12,22H2,1-4H3/q+1. The number of aromatic nitrogens is 2. The van der Waals surface area contributed by atoms with Crippen LogP contribution in [0.15, 0.2) is 98.9 Å². The molecule has 0 radical (unpaired) electrons. The second-order valence-electron chi connectivity index (χ2n) is 11.2. The number of benzene rings is 4. The Morgan fingerprint density at radius 3 is 2.36 bits per heavy atom. The number of carbonyl (C=O) groups excluding carboxylic acids is 1. The summed E-state index contributed by atoms with van der Waals surface area (Å²) in [6, 6.07) is 28.2. The molecule has 2 atom stereocenters. The molecule has 0 bridgehead atoms. The third-order valence-corrected chi connectivity index (χ3v) is 9.31. The van der Waals surface area contributed by atoms with Crippen LogP contribution in [0, 0.1) is 6.92 Å². The van der Waals surface area contributed by atoms with E-state index in [2.05, 4.69) is 99.8 Å². The molecule has 45 heavy (non-hydrogen) atoms. The number of halogens is 2. The predicted molar refractivity (Wildman–Crippen MR) is 187 cm³/mol. The molecule has 7 nitrogen and oxygen atoms in total. The molecule has 5 aromatic rings. The summed E-state index contributed by atoms with van der Waals surface area (Å²) in [5.41, 5.74) is 7.01. The van der Waals surface area contributed by atoms with Gasteiger partial charge in [0.05, 0.1) is 26.6 Å². The SMILES string of the molecule is CCCC1=Nc2ccc(C)cc2[N+]1(Cc1cc(Br)c(OC(C(=O)OCC)c2ccccc2)c(Br)c1)c1nc2ccccc2n1C. The second-order valence-corrected chi connectivity index (χ2v) is 13.0. The number of imidazole rings is 1. The molecule has 1 aromatic heterocycles. The molecule has 1 aliphatic heterocycles. The highest BCUT2D eigenvalue weighted by molar-refractivity contribution is 9.11. The molecule has 0 saturated carbocycles. The first-order valence-corrected chi connectivity index (χ1v) is 16.7. The molecule has 2 unspecified atom stereocenters. The molecule has 230 valence electrons. The van der Waals surface area contributed by atoms with E-state index in [9.17, 15) is 4.79 Å². The Bertz CT molecular complexity index is 1900. The van der Waals surface area contributed by atoms with E-state index in [1.165, 1.54) is 5.56 Å². The first-order valence-electron chi connectivity index (χ1n) is 15.1. The van der Waals surface area contributed by atoms with Gasteiger partial charge < -0.3 is 9.47 Å². The number of quaternary nitrogens is 1. The van der Waals surface area contributed by atoms with E-state index in [0.29, 0.717) is 16.8 Å². The fourth-order valence-corrected chi connectivity index (χ4v) is 7.59. The van der Waals surface area contributed by atoms with Crippen molar-refractivity contribution in [2.45, 2.75) is 46.3 Å². The minimum atomic E-state index is -0.917. The maximum absolute atomic E-state index is 13.0. The Balaban J connectivity index is 1.48. The lowest BCUT2D eigenvalue weighted by atomic mass is 10.1. The fraction of sp³-hybridized carbons (Fsp3) is 0.250. The van der Waals surface area contributed by atoms with Gasteiger partial charge in [0.15, 0.2) is 5.69 Å². The van der Waals surface area contributed by atoms with Gasteiger partial charge in [-0.05, 0) is 88.0 Å². The first kappa shape index (κ1) is 31.2. The lowest BCUT2D eigenvalue weighted by Gasteiger charge is -2.33. The molecule has 2 heterocycles. The van der Waals surface area contributed by atoms with Crippen molar-refractivity contribution >= 4 is 72.0 Å². The van der Waals surface area contributed by atoms with Crippen molar-refractivity contribution in [3.05, 3.63) is 111 Å². The fourth-order valence-electron chi connectivity index (χ4n) is 6.12. The van der Waals surface area contributed by atoms with E-state index in [1.54, 1.807) is 6.92 Å². The van der Waals surface area contributed by atoms with Crippen LogP contribution in [0.1, 0.15) is 49.5 Å². The van der Waals surface area contributed by atoms with Crippen LogP contribution in [-0.4, -0.2) is 28.0 Å². The highest BCUT2D eigenvalue weighted by Crippen LogP contribution is 2.50. The monoisotopic (exact) mass is 729 g/mol. The maximum atomic E-state index is 13.0. The van der Waals surface area contributed by atoms with Gasteiger partial charge in [0.2, 0.25) is 11.9 Å². The number of esters is 1. The molecule has 0 N–H and O–H groups in total. The zero-order valence-corrected chi connectivity index (χ0v) is 28.9. The number of rotatable bonds is 10. The van der Waals surface area contributed by atoms with Gasteiger partial charge in [-0.1, -0.05) is 55.5 Å². The molecule has 6 rings (SSSR count). The van der Waals surface area contributed by atoms with Crippen LogP contribution in [0.3, 0.4) is 0 Å². The van der Waals surface area contributed by atoms with Gasteiger partial charge in [-0.25, -0.2) is 4.79 Å². The quantitative estimate of drug-likeness (QED) is 0.106. The summed E-state index contributed by atoms with van der Waals surface area (Å²) in [5, 5.41) is 0. The van der Waals surface area contributed by atoms with Crippen molar-refractivity contribution in [3.63, 3.8) is 0 Å². The van der Waals surface area contributed by atoms with E-state index in [-0.39, 0.29) is 6.61 Å². The van der Waals surface area contributed by atoms with Crippen molar-refractivity contribution in [1.29, 1.82) is 0 Å². The van der Waals surface area contributed by atoms with Crippen molar-refractivity contribution < 1.29 is 14.3 Å². The van der Waals surface area contributed by atoms with Crippen LogP contribution in [0.5, 0.6) is 5.75 Å². The summed E-state index contributed by atoms with van der Waals surface area (Å²) in [6.07, 6.45) is 0.850. The number of ether oxygens (including phenoxy) is 2. The number of fused-ring (bicyclic) bond motifs is 2. The summed E-state index contributed by atoms with van der Waals surface area (Å²) in [5.74, 6) is 2.04. The van der Waals surface area contributed by atoms with Crippen LogP contribution in [0.4, 0.5) is 17.3 Å². The molecule has 0 amide bonds. The smallest absolute Gasteiger partial charge is 0.352 e. The molecule has 0 fully saturated rings. The number of aliphatic imine (C=N–C) groups is 1. The van der Waals surface area contributed by atoms with E-state index < -0.39 is 12.1 Å². The zero-order chi connectivity index (χ0) is 31.7. The summed E-state index contributed by atoms with van der Waals surface area (Å²) >= 11 is 7.55. The highest BCUT2D eigenvalue weighted by atomic mass is 79.9. The average Bonchev–Trinajstić information content (AvgIpc) is 3.52. The summed E-state index contributed by atoms with van der Waals surface area (Å²) in [7, 11) is 2.09. The number of hydrogen-bond donors (Lipinski definition) is 0. The van der Waals surface area contributed by atoms with Crippen LogP contribution in [-0.2, 0) is 23.1 Å². The predicted octanol–water partition coefficient (Wildman–Crippen LogP) is 9.77.